The number of carbonyl (C=O) groups is 1. The number of phenols is 1. The van der Waals surface area contributed by atoms with Crippen LogP contribution in [0.3, 0.4) is 0 Å². The molecule has 70 valence electrons. The average molecular weight is 188 g/mol. The SMILES string of the molecule is O=Cc1ccnn1-c1cccc(O)c1. The minimum atomic E-state index is 0.148. The van der Waals surface area contributed by atoms with Gasteiger partial charge in [-0.25, -0.2) is 4.68 Å². The molecule has 0 spiro atoms. The number of hydrogen-bond acceptors (Lipinski definition) is 3. The molecule has 1 aromatic heterocycles. The fourth-order valence-corrected chi connectivity index (χ4v) is 1.24. The fraction of sp³-hybridized carbons (Fsp3) is 0. The minimum absolute atomic E-state index is 0.148. The summed E-state index contributed by atoms with van der Waals surface area (Å²) in [7, 11) is 0. The zero-order valence-electron chi connectivity index (χ0n) is 7.29. The largest absolute Gasteiger partial charge is 0.508 e. The average Bonchev–Trinajstić information content (AvgIpc) is 2.65. The first-order valence-corrected chi connectivity index (χ1v) is 4.10. The van der Waals surface area contributed by atoms with Crippen LogP contribution in [0, 0.1) is 0 Å². The van der Waals surface area contributed by atoms with Crippen LogP contribution in [0.2, 0.25) is 0 Å². The molecule has 4 heteroatoms. The molecule has 0 atom stereocenters. The van der Waals surface area contributed by atoms with E-state index in [-0.39, 0.29) is 5.75 Å². The molecule has 0 fully saturated rings. The Balaban J connectivity index is 2.54. The summed E-state index contributed by atoms with van der Waals surface area (Å²) in [4.78, 5) is 10.6. The summed E-state index contributed by atoms with van der Waals surface area (Å²) in [6, 6.07) is 8.17. The van der Waals surface area contributed by atoms with E-state index in [1.54, 1.807) is 30.3 Å². The van der Waals surface area contributed by atoms with Crippen LogP contribution >= 0.6 is 0 Å². The summed E-state index contributed by atoms with van der Waals surface area (Å²) in [6.45, 7) is 0. The van der Waals surface area contributed by atoms with Gasteiger partial charge in [0.25, 0.3) is 0 Å². The Hall–Kier alpha value is -2.10. The van der Waals surface area contributed by atoms with Crippen molar-refractivity contribution < 1.29 is 9.90 Å². The Labute approximate surface area is 80.4 Å². The highest BCUT2D eigenvalue weighted by molar-refractivity contribution is 5.73. The summed E-state index contributed by atoms with van der Waals surface area (Å²) in [6.07, 6.45) is 2.25. The van der Waals surface area contributed by atoms with Crippen LogP contribution < -0.4 is 0 Å². The zero-order chi connectivity index (χ0) is 9.97. The molecule has 1 N–H and O–H groups in total. The Kier molecular flexibility index (Phi) is 2.02. The van der Waals surface area contributed by atoms with E-state index in [9.17, 15) is 9.90 Å². The van der Waals surface area contributed by atoms with Crippen molar-refractivity contribution in [2.75, 3.05) is 0 Å². The van der Waals surface area contributed by atoms with Gasteiger partial charge in [-0.1, -0.05) is 6.07 Å². The molecule has 0 saturated heterocycles. The molecule has 0 unspecified atom stereocenters. The quantitative estimate of drug-likeness (QED) is 0.724. The lowest BCUT2D eigenvalue weighted by atomic mass is 10.3. The molecule has 0 amide bonds. The van der Waals surface area contributed by atoms with Crippen LogP contribution in [-0.2, 0) is 0 Å². The maximum Gasteiger partial charge on any atom is 0.168 e. The second-order valence-electron chi connectivity index (χ2n) is 2.81. The van der Waals surface area contributed by atoms with Gasteiger partial charge in [-0.05, 0) is 18.2 Å². The standard InChI is InChI=1S/C10H8N2O2/c13-7-9-4-5-11-12(9)8-2-1-3-10(14)6-8/h1-7,14H. The van der Waals surface area contributed by atoms with E-state index >= 15 is 0 Å². The van der Waals surface area contributed by atoms with Gasteiger partial charge in [0, 0.05) is 6.07 Å². The summed E-state index contributed by atoms with van der Waals surface area (Å²) < 4.78 is 1.46. The van der Waals surface area contributed by atoms with Crippen LogP contribution in [0.15, 0.2) is 36.5 Å². The third kappa shape index (κ3) is 1.37. The van der Waals surface area contributed by atoms with Crippen molar-refractivity contribution in [1.82, 2.24) is 9.78 Å². The number of aldehydes is 1. The Morgan fingerprint density at radius 1 is 1.36 bits per heavy atom. The van der Waals surface area contributed by atoms with Gasteiger partial charge in [-0.3, -0.25) is 4.79 Å². The summed E-state index contributed by atoms with van der Waals surface area (Å²) >= 11 is 0. The van der Waals surface area contributed by atoms with Gasteiger partial charge in [-0.15, -0.1) is 0 Å². The van der Waals surface area contributed by atoms with Crippen LogP contribution in [0.25, 0.3) is 5.69 Å². The van der Waals surface area contributed by atoms with E-state index in [0.29, 0.717) is 11.4 Å². The third-order valence-corrected chi connectivity index (χ3v) is 1.87. The molecular formula is C10H8N2O2. The number of rotatable bonds is 2. The second kappa shape index (κ2) is 3.33. The molecule has 0 saturated carbocycles. The van der Waals surface area contributed by atoms with Crippen molar-refractivity contribution >= 4 is 6.29 Å². The maximum atomic E-state index is 10.6. The summed E-state index contributed by atoms with van der Waals surface area (Å²) in [5.41, 5.74) is 1.12. The lowest BCUT2D eigenvalue weighted by Gasteiger charge is -2.03. The van der Waals surface area contributed by atoms with Crippen LogP contribution in [-0.4, -0.2) is 21.2 Å². The van der Waals surface area contributed by atoms with Crippen molar-refractivity contribution in [3.05, 3.63) is 42.2 Å². The molecule has 0 bridgehead atoms. The van der Waals surface area contributed by atoms with E-state index in [1.807, 2.05) is 0 Å². The van der Waals surface area contributed by atoms with Crippen molar-refractivity contribution in [3.8, 4) is 11.4 Å². The normalized spacial score (nSPS) is 10.0. The molecule has 2 aromatic rings. The third-order valence-electron chi connectivity index (χ3n) is 1.87. The van der Waals surface area contributed by atoms with E-state index in [0.717, 1.165) is 6.29 Å². The lowest BCUT2D eigenvalue weighted by molar-refractivity contribution is 0.111. The monoisotopic (exact) mass is 188 g/mol. The number of carbonyl (C=O) groups excluding carboxylic acids is 1. The molecule has 4 nitrogen and oxygen atoms in total. The molecule has 0 aliphatic heterocycles. The van der Waals surface area contributed by atoms with Crippen molar-refractivity contribution in [1.29, 1.82) is 0 Å². The van der Waals surface area contributed by atoms with E-state index in [1.165, 1.54) is 10.9 Å². The number of nitrogens with zero attached hydrogens (tertiary/aromatic N) is 2. The van der Waals surface area contributed by atoms with Crippen molar-refractivity contribution in [2.45, 2.75) is 0 Å². The zero-order valence-corrected chi connectivity index (χ0v) is 7.29. The first-order valence-electron chi connectivity index (χ1n) is 4.10. The Morgan fingerprint density at radius 3 is 2.93 bits per heavy atom. The molecule has 1 heterocycles. The van der Waals surface area contributed by atoms with Gasteiger partial charge in [0.2, 0.25) is 0 Å². The topological polar surface area (TPSA) is 55.1 Å². The predicted molar refractivity (Wildman–Crippen MR) is 50.6 cm³/mol. The van der Waals surface area contributed by atoms with Crippen LogP contribution in [0.4, 0.5) is 0 Å². The van der Waals surface area contributed by atoms with Gasteiger partial charge in [0.05, 0.1) is 11.9 Å². The molecule has 14 heavy (non-hydrogen) atoms. The summed E-state index contributed by atoms with van der Waals surface area (Å²) in [5.74, 6) is 0.148. The summed E-state index contributed by atoms with van der Waals surface area (Å²) in [5, 5.41) is 13.2. The Bertz CT molecular complexity index is 463. The van der Waals surface area contributed by atoms with Gasteiger partial charge in [-0.2, -0.15) is 5.10 Å². The van der Waals surface area contributed by atoms with E-state index in [4.69, 9.17) is 0 Å². The van der Waals surface area contributed by atoms with Gasteiger partial charge >= 0.3 is 0 Å². The maximum absolute atomic E-state index is 10.6. The predicted octanol–water partition coefficient (Wildman–Crippen LogP) is 1.39. The highest BCUT2D eigenvalue weighted by Crippen LogP contribution is 2.15. The van der Waals surface area contributed by atoms with Crippen molar-refractivity contribution in [2.24, 2.45) is 0 Å². The van der Waals surface area contributed by atoms with Crippen LogP contribution in [0.1, 0.15) is 10.5 Å². The number of hydrogen-bond donors (Lipinski definition) is 1. The lowest BCUT2D eigenvalue weighted by Crippen LogP contribution is -2.00. The second-order valence-corrected chi connectivity index (χ2v) is 2.81. The molecule has 0 aliphatic carbocycles. The molecule has 2 rings (SSSR count). The number of phenolic OH excluding ortho intramolecular Hbond substituents is 1. The Morgan fingerprint density at radius 2 is 2.21 bits per heavy atom. The highest BCUT2D eigenvalue weighted by Gasteiger charge is 2.03. The molecule has 1 aromatic carbocycles. The first kappa shape index (κ1) is 8.50. The van der Waals surface area contributed by atoms with Gasteiger partial charge < -0.3 is 5.11 Å². The molecule has 0 aliphatic rings. The number of aromatic hydroxyl groups is 1. The van der Waals surface area contributed by atoms with E-state index in [2.05, 4.69) is 5.10 Å². The number of aromatic nitrogens is 2. The highest BCUT2D eigenvalue weighted by atomic mass is 16.3. The first-order chi connectivity index (χ1) is 6.81. The molecule has 0 radical (unpaired) electrons. The van der Waals surface area contributed by atoms with Crippen molar-refractivity contribution in [3.63, 3.8) is 0 Å². The minimum Gasteiger partial charge on any atom is -0.508 e. The van der Waals surface area contributed by atoms with Gasteiger partial charge in [0.15, 0.2) is 6.29 Å². The van der Waals surface area contributed by atoms with Gasteiger partial charge in [0.1, 0.15) is 11.4 Å². The van der Waals surface area contributed by atoms with E-state index < -0.39 is 0 Å². The fourth-order valence-electron chi connectivity index (χ4n) is 1.24. The molecular weight excluding hydrogens is 180 g/mol. The smallest absolute Gasteiger partial charge is 0.168 e. The number of benzene rings is 1. The van der Waals surface area contributed by atoms with Crippen LogP contribution in [0.5, 0.6) is 5.75 Å².